The van der Waals surface area contributed by atoms with Gasteiger partial charge in [0.15, 0.2) is 10.9 Å². The highest BCUT2D eigenvalue weighted by Crippen LogP contribution is 2.47. The predicted octanol–water partition coefficient (Wildman–Crippen LogP) is 5.41. The van der Waals surface area contributed by atoms with Crippen LogP contribution in [0.2, 0.25) is 0 Å². The molecule has 0 amide bonds. The second-order valence-electron chi connectivity index (χ2n) is 9.68. The molecule has 180 valence electrons. The summed E-state index contributed by atoms with van der Waals surface area (Å²) in [5.41, 5.74) is 2.69. The van der Waals surface area contributed by atoms with E-state index in [0.29, 0.717) is 52.0 Å². The van der Waals surface area contributed by atoms with E-state index in [1.807, 2.05) is 24.3 Å². The van der Waals surface area contributed by atoms with Crippen molar-refractivity contribution in [2.45, 2.75) is 43.5 Å². The first-order valence-corrected chi connectivity index (χ1v) is 12.4. The summed E-state index contributed by atoms with van der Waals surface area (Å²) in [6, 6.07) is 14.0. The van der Waals surface area contributed by atoms with Gasteiger partial charge in [-0.1, -0.05) is 55.9 Å². The summed E-state index contributed by atoms with van der Waals surface area (Å²) in [4.78, 5) is 34.3. The third-order valence-electron chi connectivity index (χ3n) is 6.47. The summed E-state index contributed by atoms with van der Waals surface area (Å²) < 4.78 is 19.4. The molecule has 0 unspecified atom stereocenters. The number of H-pyrrole nitrogens is 1. The van der Waals surface area contributed by atoms with Crippen molar-refractivity contribution in [2.24, 2.45) is 5.41 Å². The number of anilines is 1. The Hall–Kier alpha value is -3.39. The number of rotatable bonds is 5. The van der Waals surface area contributed by atoms with Gasteiger partial charge in [0.25, 0.3) is 5.56 Å². The number of allylic oxidation sites excluding steroid dienone is 2. The average Bonchev–Trinajstić information content (AvgIpc) is 2.81. The molecule has 1 aromatic heterocycles. The number of ether oxygens (including phenoxy) is 1. The highest BCUT2D eigenvalue weighted by atomic mass is 32.2. The number of halogens is 1. The van der Waals surface area contributed by atoms with E-state index in [2.05, 4.69) is 24.1 Å². The van der Waals surface area contributed by atoms with Gasteiger partial charge >= 0.3 is 0 Å². The van der Waals surface area contributed by atoms with Crippen LogP contribution in [0, 0.1) is 11.2 Å². The van der Waals surface area contributed by atoms with Crippen LogP contribution in [0.4, 0.5) is 10.2 Å². The zero-order valence-corrected chi connectivity index (χ0v) is 20.6. The number of aromatic nitrogens is 2. The summed E-state index contributed by atoms with van der Waals surface area (Å²) in [7, 11) is 1.59. The molecule has 2 heterocycles. The molecule has 2 N–H and O–H groups in total. The van der Waals surface area contributed by atoms with Crippen LogP contribution in [0.1, 0.15) is 49.3 Å². The van der Waals surface area contributed by atoms with Crippen molar-refractivity contribution >= 4 is 23.4 Å². The number of hydrogen-bond acceptors (Lipinski definition) is 6. The number of benzene rings is 2. The third kappa shape index (κ3) is 4.50. The fourth-order valence-electron chi connectivity index (χ4n) is 4.85. The van der Waals surface area contributed by atoms with Gasteiger partial charge in [0.2, 0.25) is 0 Å². The second-order valence-corrected chi connectivity index (χ2v) is 10.6. The lowest BCUT2D eigenvalue weighted by molar-refractivity contribution is -0.118. The molecule has 0 saturated carbocycles. The van der Waals surface area contributed by atoms with Gasteiger partial charge < -0.3 is 15.0 Å². The lowest BCUT2D eigenvalue weighted by Gasteiger charge is -2.38. The van der Waals surface area contributed by atoms with Gasteiger partial charge in [-0.3, -0.25) is 9.59 Å². The van der Waals surface area contributed by atoms with E-state index in [4.69, 9.17) is 9.72 Å². The van der Waals surface area contributed by atoms with E-state index >= 15 is 0 Å². The van der Waals surface area contributed by atoms with E-state index in [1.165, 1.54) is 17.8 Å². The molecule has 2 aliphatic rings. The number of hydrogen-bond donors (Lipinski definition) is 2. The molecule has 5 rings (SSSR count). The highest BCUT2D eigenvalue weighted by Gasteiger charge is 2.42. The first kappa shape index (κ1) is 23.4. The Morgan fingerprint density at radius 1 is 1.11 bits per heavy atom. The normalized spacial score (nSPS) is 18.5. The van der Waals surface area contributed by atoms with E-state index in [-0.39, 0.29) is 22.6 Å². The molecule has 0 bridgehead atoms. The van der Waals surface area contributed by atoms with Crippen molar-refractivity contribution in [3.63, 3.8) is 0 Å². The minimum absolute atomic E-state index is 0.0348. The van der Waals surface area contributed by atoms with Crippen molar-refractivity contribution in [1.82, 2.24) is 9.97 Å². The number of methoxy groups -OCH3 is 1. The first-order chi connectivity index (χ1) is 16.8. The Labute approximate surface area is 207 Å². The van der Waals surface area contributed by atoms with Crippen LogP contribution in [0.3, 0.4) is 0 Å². The van der Waals surface area contributed by atoms with Gasteiger partial charge in [-0.25, -0.2) is 9.37 Å². The molecule has 3 aromatic rings. The smallest absolute Gasteiger partial charge is 0.257 e. The Morgan fingerprint density at radius 3 is 2.57 bits per heavy atom. The fourth-order valence-corrected chi connectivity index (χ4v) is 5.70. The molecule has 0 fully saturated rings. The standard InChI is InChI=1S/C27H26FN3O3S/c1-27(2)12-19-22(20(32)13-27)21(15-8-10-17(34-3)11-9-15)23-24(29-19)30-26(31-25(23)33)35-14-16-6-4-5-7-18(16)28/h4-11,21H,12-14H2,1-3H3,(H2,29,30,31,33)/t21-/m1/s1. The maximum Gasteiger partial charge on any atom is 0.257 e. The molecular formula is C27H26FN3O3S. The second kappa shape index (κ2) is 9.00. The van der Waals surface area contributed by atoms with Crippen LogP contribution in [0.15, 0.2) is 69.8 Å². The average molecular weight is 492 g/mol. The van der Waals surface area contributed by atoms with E-state index in [9.17, 15) is 14.0 Å². The minimum atomic E-state index is -0.530. The maximum absolute atomic E-state index is 14.1. The predicted molar refractivity (Wildman–Crippen MR) is 134 cm³/mol. The Bertz CT molecular complexity index is 1400. The largest absolute Gasteiger partial charge is 0.497 e. The van der Waals surface area contributed by atoms with E-state index in [0.717, 1.165) is 11.3 Å². The van der Waals surface area contributed by atoms with Gasteiger partial charge in [0.05, 0.1) is 12.7 Å². The molecule has 6 nitrogen and oxygen atoms in total. The van der Waals surface area contributed by atoms with E-state index in [1.54, 1.807) is 25.3 Å². The van der Waals surface area contributed by atoms with Gasteiger partial charge in [-0.2, -0.15) is 0 Å². The van der Waals surface area contributed by atoms with Crippen LogP contribution in [0.25, 0.3) is 0 Å². The lowest BCUT2D eigenvalue weighted by Crippen LogP contribution is -2.37. The molecule has 0 spiro atoms. The van der Waals surface area contributed by atoms with Crippen LogP contribution < -0.4 is 15.6 Å². The summed E-state index contributed by atoms with van der Waals surface area (Å²) in [6.45, 7) is 4.13. The molecule has 0 radical (unpaired) electrons. The number of thioether (sulfide) groups is 1. The number of nitrogens with zero attached hydrogens (tertiary/aromatic N) is 1. The van der Waals surface area contributed by atoms with Crippen molar-refractivity contribution in [1.29, 1.82) is 0 Å². The Morgan fingerprint density at radius 2 is 1.86 bits per heavy atom. The third-order valence-corrected chi connectivity index (χ3v) is 7.39. The summed E-state index contributed by atoms with van der Waals surface area (Å²) in [5.74, 6) is 0.673. The van der Waals surface area contributed by atoms with E-state index < -0.39 is 5.92 Å². The Kier molecular flexibility index (Phi) is 6.01. The Balaban J connectivity index is 1.58. The number of carbonyl (C=O) groups excluding carboxylic acids is 1. The van der Waals surface area contributed by atoms with Gasteiger partial charge in [0.1, 0.15) is 17.4 Å². The number of aromatic amines is 1. The topological polar surface area (TPSA) is 84.1 Å². The molecular weight excluding hydrogens is 465 g/mol. The minimum Gasteiger partial charge on any atom is -0.497 e. The first-order valence-electron chi connectivity index (χ1n) is 11.4. The zero-order chi connectivity index (χ0) is 24.7. The van der Waals surface area contributed by atoms with Gasteiger partial charge in [-0.15, -0.1) is 0 Å². The van der Waals surface area contributed by atoms with Crippen molar-refractivity contribution in [3.8, 4) is 5.75 Å². The van der Waals surface area contributed by atoms with Crippen LogP contribution in [-0.2, 0) is 10.5 Å². The van der Waals surface area contributed by atoms with Crippen LogP contribution in [0.5, 0.6) is 5.75 Å². The molecule has 0 saturated heterocycles. The van der Waals surface area contributed by atoms with Crippen LogP contribution >= 0.6 is 11.8 Å². The van der Waals surface area contributed by atoms with Crippen molar-refractivity contribution in [3.05, 3.63) is 92.7 Å². The number of carbonyl (C=O) groups is 1. The highest BCUT2D eigenvalue weighted by molar-refractivity contribution is 7.98. The molecule has 35 heavy (non-hydrogen) atoms. The molecule has 8 heteroatoms. The maximum atomic E-state index is 14.1. The molecule has 1 atom stereocenters. The number of Topliss-reactive ketones (excluding diaryl/α,β-unsaturated/α-hetero) is 1. The molecule has 1 aliphatic carbocycles. The van der Waals surface area contributed by atoms with Gasteiger partial charge in [0, 0.05) is 29.4 Å². The number of nitrogens with one attached hydrogen (secondary N) is 2. The molecule has 2 aromatic carbocycles. The SMILES string of the molecule is COc1ccc([C@@H]2C3=C(CC(C)(C)CC3=O)Nc3nc(SCc4ccccc4F)[nH]c(=O)c32)cc1. The monoisotopic (exact) mass is 491 g/mol. The summed E-state index contributed by atoms with van der Waals surface area (Å²) in [5, 5.41) is 3.71. The quantitative estimate of drug-likeness (QED) is 0.367. The van der Waals surface area contributed by atoms with Crippen molar-refractivity contribution in [2.75, 3.05) is 12.4 Å². The lowest BCUT2D eigenvalue weighted by atomic mass is 9.69. The zero-order valence-electron chi connectivity index (χ0n) is 19.8. The fraction of sp³-hybridized carbons (Fsp3) is 0.296. The number of fused-ring (bicyclic) bond motifs is 1. The van der Waals surface area contributed by atoms with Gasteiger partial charge in [-0.05, 0) is 41.2 Å². The summed E-state index contributed by atoms with van der Waals surface area (Å²) >= 11 is 1.26. The molecule has 1 aliphatic heterocycles. The summed E-state index contributed by atoms with van der Waals surface area (Å²) in [6.07, 6.45) is 1.09. The number of ketones is 1. The van der Waals surface area contributed by atoms with Crippen LogP contribution in [-0.4, -0.2) is 22.9 Å². The van der Waals surface area contributed by atoms with Crippen molar-refractivity contribution < 1.29 is 13.9 Å².